The normalized spacial score (nSPS) is 16.7. The second kappa shape index (κ2) is 7.69. The third-order valence-corrected chi connectivity index (χ3v) is 2.38. The van der Waals surface area contributed by atoms with Crippen LogP contribution in [-0.4, -0.2) is 37.0 Å². The monoisotopic (exact) mass is 216 g/mol. The van der Waals surface area contributed by atoms with E-state index < -0.39 is 0 Å². The molecule has 3 heteroatoms. The fourth-order valence-electron chi connectivity index (χ4n) is 1.51. The molecule has 1 aliphatic rings. The van der Waals surface area contributed by atoms with Crippen molar-refractivity contribution >= 4 is 5.91 Å². The molecular formula is C12H28N2O. The zero-order valence-corrected chi connectivity index (χ0v) is 10.8. The SMILES string of the molecule is CC.CC(C)CCC(=O)NC1CN(C)C1.[HH]. The third kappa shape index (κ3) is 6.50. The van der Waals surface area contributed by atoms with E-state index in [2.05, 4.69) is 31.1 Å². The van der Waals surface area contributed by atoms with Gasteiger partial charge in [0.25, 0.3) is 0 Å². The number of hydrogen-bond donors (Lipinski definition) is 1. The van der Waals surface area contributed by atoms with Gasteiger partial charge in [0.05, 0.1) is 6.04 Å². The number of carbonyl (C=O) groups is 1. The molecule has 0 radical (unpaired) electrons. The summed E-state index contributed by atoms with van der Waals surface area (Å²) in [5, 5.41) is 3.02. The van der Waals surface area contributed by atoms with Crippen molar-refractivity contribution in [2.75, 3.05) is 20.1 Å². The molecule has 0 spiro atoms. The number of nitrogens with zero attached hydrogens (tertiary/aromatic N) is 1. The van der Waals surface area contributed by atoms with Crippen LogP contribution >= 0.6 is 0 Å². The van der Waals surface area contributed by atoms with Gasteiger partial charge in [-0.2, -0.15) is 0 Å². The smallest absolute Gasteiger partial charge is 0.220 e. The van der Waals surface area contributed by atoms with Gasteiger partial charge in [-0.1, -0.05) is 27.7 Å². The number of rotatable bonds is 4. The Morgan fingerprint density at radius 3 is 2.40 bits per heavy atom. The minimum atomic E-state index is 0. The Balaban J connectivity index is 0. The summed E-state index contributed by atoms with van der Waals surface area (Å²) in [5.41, 5.74) is 0. The van der Waals surface area contributed by atoms with Crippen LogP contribution in [-0.2, 0) is 4.79 Å². The van der Waals surface area contributed by atoms with E-state index in [0.29, 0.717) is 18.4 Å². The molecule has 0 saturated carbocycles. The predicted molar refractivity (Wildman–Crippen MR) is 67.0 cm³/mol. The van der Waals surface area contributed by atoms with Crippen molar-refractivity contribution in [1.82, 2.24) is 10.2 Å². The van der Waals surface area contributed by atoms with Crippen molar-refractivity contribution in [3.63, 3.8) is 0 Å². The number of amides is 1. The van der Waals surface area contributed by atoms with Gasteiger partial charge in [0.2, 0.25) is 5.91 Å². The molecule has 1 rings (SSSR count). The fraction of sp³-hybridized carbons (Fsp3) is 0.917. The lowest BCUT2D eigenvalue weighted by Gasteiger charge is -2.36. The lowest BCUT2D eigenvalue weighted by atomic mass is 10.1. The van der Waals surface area contributed by atoms with Gasteiger partial charge in [-0.15, -0.1) is 0 Å². The number of likely N-dealkylation sites (tertiary alicyclic amines) is 1. The van der Waals surface area contributed by atoms with Crippen LogP contribution in [0.25, 0.3) is 0 Å². The summed E-state index contributed by atoms with van der Waals surface area (Å²) >= 11 is 0. The Labute approximate surface area is 95.7 Å². The summed E-state index contributed by atoms with van der Waals surface area (Å²) in [6.07, 6.45) is 1.67. The maximum absolute atomic E-state index is 11.3. The molecule has 1 N–H and O–H groups in total. The van der Waals surface area contributed by atoms with Crippen molar-refractivity contribution in [2.24, 2.45) is 5.92 Å². The van der Waals surface area contributed by atoms with E-state index in [1.165, 1.54) is 0 Å². The van der Waals surface area contributed by atoms with Crippen molar-refractivity contribution in [3.05, 3.63) is 0 Å². The van der Waals surface area contributed by atoms with Gasteiger partial charge in [0.1, 0.15) is 0 Å². The number of hydrogen-bond acceptors (Lipinski definition) is 2. The predicted octanol–water partition coefficient (Wildman–Crippen LogP) is 2.12. The minimum absolute atomic E-state index is 0. The summed E-state index contributed by atoms with van der Waals surface area (Å²) in [7, 11) is 2.07. The lowest BCUT2D eigenvalue weighted by Crippen LogP contribution is -2.57. The van der Waals surface area contributed by atoms with E-state index in [1.54, 1.807) is 0 Å². The van der Waals surface area contributed by atoms with E-state index in [1.807, 2.05) is 13.8 Å². The standard InChI is InChI=1S/C10H20N2O.C2H6.H2/c1-8(2)4-5-10(13)11-9-6-12(3)7-9;1-2;/h8-9H,4-7H2,1-3H3,(H,11,13);1-2H3;1H. The first-order chi connectivity index (χ1) is 7.08. The topological polar surface area (TPSA) is 32.3 Å². The van der Waals surface area contributed by atoms with E-state index in [9.17, 15) is 4.79 Å². The van der Waals surface area contributed by atoms with Crippen LogP contribution in [0.1, 0.15) is 42.0 Å². The first-order valence-electron chi connectivity index (χ1n) is 6.06. The molecule has 0 aromatic carbocycles. The molecule has 0 atom stereocenters. The number of carbonyl (C=O) groups excluding carboxylic acids is 1. The van der Waals surface area contributed by atoms with Crippen molar-refractivity contribution in [2.45, 2.75) is 46.6 Å². The van der Waals surface area contributed by atoms with Gasteiger partial charge in [-0.05, 0) is 19.4 Å². The zero-order valence-electron chi connectivity index (χ0n) is 10.8. The van der Waals surface area contributed by atoms with Gasteiger partial charge in [-0.25, -0.2) is 0 Å². The first-order valence-corrected chi connectivity index (χ1v) is 6.06. The summed E-state index contributed by atoms with van der Waals surface area (Å²) in [6.45, 7) is 10.3. The molecule has 0 aliphatic carbocycles. The quantitative estimate of drug-likeness (QED) is 0.781. The Kier molecular flexibility index (Phi) is 7.39. The van der Waals surface area contributed by atoms with Crippen LogP contribution in [0.3, 0.4) is 0 Å². The van der Waals surface area contributed by atoms with Gasteiger partial charge >= 0.3 is 0 Å². The van der Waals surface area contributed by atoms with E-state index in [-0.39, 0.29) is 7.33 Å². The molecular weight excluding hydrogens is 188 g/mol. The van der Waals surface area contributed by atoms with E-state index in [4.69, 9.17) is 0 Å². The molecule has 0 bridgehead atoms. The Morgan fingerprint density at radius 1 is 1.47 bits per heavy atom. The Hall–Kier alpha value is -0.570. The van der Waals surface area contributed by atoms with E-state index >= 15 is 0 Å². The molecule has 3 nitrogen and oxygen atoms in total. The summed E-state index contributed by atoms with van der Waals surface area (Å²) in [6, 6.07) is 0.407. The maximum Gasteiger partial charge on any atom is 0.220 e. The summed E-state index contributed by atoms with van der Waals surface area (Å²) in [4.78, 5) is 13.5. The number of likely N-dealkylation sites (N-methyl/N-ethyl adjacent to an activating group) is 1. The van der Waals surface area contributed by atoms with Crippen molar-refractivity contribution in [1.29, 1.82) is 0 Å². The Morgan fingerprint density at radius 2 is 2.00 bits per heavy atom. The number of nitrogens with one attached hydrogen (secondary N) is 1. The highest BCUT2D eigenvalue weighted by Crippen LogP contribution is 2.06. The highest BCUT2D eigenvalue weighted by Gasteiger charge is 2.24. The molecule has 0 unspecified atom stereocenters. The van der Waals surface area contributed by atoms with Crippen LogP contribution in [0.5, 0.6) is 0 Å². The molecule has 92 valence electrons. The molecule has 1 heterocycles. The van der Waals surface area contributed by atoms with Crippen LogP contribution in [0, 0.1) is 5.92 Å². The summed E-state index contributed by atoms with van der Waals surface area (Å²) in [5.74, 6) is 0.835. The van der Waals surface area contributed by atoms with Gasteiger partial charge in [0, 0.05) is 20.9 Å². The first kappa shape index (κ1) is 14.4. The van der Waals surface area contributed by atoms with Crippen LogP contribution in [0.4, 0.5) is 0 Å². The van der Waals surface area contributed by atoms with Crippen LogP contribution < -0.4 is 5.32 Å². The second-order valence-electron chi connectivity index (χ2n) is 4.42. The van der Waals surface area contributed by atoms with Gasteiger partial charge in [-0.3, -0.25) is 4.79 Å². The third-order valence-electron chi connectivity index (χ3n) is 2.38. The highest BCUT2D eigenvalue weighted by atomic mass is 16.1. The van der Waals surface area contributed by atoms with Crippen molar-refractivity contribution in [3.8, 4) is 0 Å². The van der Waals surface area contributed by atoms with Crippen LogP contribution in [0.2, 0.25) is 0 Å². The molecule has 1 aliphatic heterocycles. The minimum Gasteiger partial charge on any atom is -0.351 e. The largest absolute Gasteiger partial charge is 0.351 e. The van der Waals surface area contributed by atoms with Crippen LogP contribution in [0.15, 0.2) is 0 Å². The van der Waals surface area contributed by atoms with E-state index in [0.717, 1.165) is 19.5 Å². The second-order valence-corrected chi connectivity index (χ2v) is 4.42. The maximum atomic E-state index is 11.3. The Bertz CT molecular complexity index is 180. The molecule has 0 aromatic heterocycles. The average molecular weight is 216 g/mol. The molecule has 1 fully saturated rings. The average Bonchev–Trinajstić information content (AvgIpc) is 2.16. The molecule has 15 heavy (non-hydrogen) atoms. The molecule has 1 amide bonds. The van der Waals surface area contributed by atoms with Crippen molar-refractivity contribution < 1.29 is 6.22 Å². The van der Waals surface area contributed by atoms with Gasteiger partial charge < -0.3 is 10.2 Å². The molecule has 1 saturated heterocycles. The molecule has 0 aromatic rings. The fourth-order valence-corrected chi connectivity index (χ4v) is 1.51. The lowest BCUT2D eigenvalue weighted by molar-refractivity contribution is -0.123. The van der Waals surface area contributed by atoms with Gasteiger partial charge in [0.15, 0.2) is 0 Å². The highest BCUT2D eigenvalue weighted by molar-refractivity contribution is 5.76. The summed E-state index contributed by atoms with van der Waals surface area (Å²) < 4.78 is 0. The zero-order chi connectivity index (χ0) is 11.8.